The molecule has 0 aliphatic rings. The molecule has 25 heavy (non-hydrogen) atoms. The van der Waals surface area contributed by atoms with E-state index in [1.807, 2.05) is 66.7 Å². The van der Waals surface area contributed by atoms with Crippen molar-refractivity contribution in [2.75, 3.05) is 0 Å². The van der Waals surface area contributed by atoms with E-state index >= 15 is 0 Å². The van der Waals surface area contributed by atoms with Crippen LogP contribution in [0.5, 0.6) is 0 Å². The van der Waals surface area contributed by atoms with Crippen LogP contribution in [0.1, 0.15) is 28.3 Å². The first-order chi connectivity index (χ1) is 12.1. The lowest BCUT2D eigenvalue weighted by Gasteiger charge is -2.22. The van der Waals surface area contributed by atoms with Gasteiger partial charge in [0, 0.05) is 5.02 Å². The van der Waals surface area contributed by atoms with Crippen LogP contribution in [-0.4, -0.2) is 5.91 Å². The monoisotopic (exact) mass is 349 g/mol. The molecule has 0 heterocycles. The molecule has 1 atom stereocenters. The number of aryl methyl sites for hydroxylation is 1. The summed E-state index contributed by atoms with van der Waals surface area (Å²) >= 11 is 6.01. The highest BCUT2D eigenvalue weighted by molar-refractivity contribution is 6.30. The molecule has 0 radical (unpaired) electrons. The smallest absolute Gasteiger partial charge is 0.225 e. The van der Waals surface area contributed by atoms with Crippen molar-refractivity contribution in [3.05, 3.63) is 106 Å². The Morgan fingerprint density at radius 1 is 0.960 bits per heavy atom. The van der Waals surface area contributed by atoms with Crippen LogP contribution in [0.25, 0.3) is 0 Å². The van der Waals surface area contributed by atoms with Crippen LogP contribution in [0.3, 0.4) is 0 Å². The number of carbonyl (C=O) groups is 1. The van der Waals surface area contributed by atoms with Gasteiger partial charge in [-0.05, 0) is 41.3 Å². The number of benzene rings is 3. The summed E-state index contributed by atoms with van der Waals surface area (Å²) in [5, 5.41) is 3.82. The molecular weight excluding hydrogens is 330 g/mol. The summed E-state index contributed by atoms with van der Waals surface area (Å²) in [5.41, 5.74) is 4.23. The van der Waals surface area contributed by atoms with Crippen molar-refractivity contribution in [3.63, 3.8) is 0 Å². The number of hydrogen-bond acceptors (Lipinski definition) is 1. The largest absolute Gasteiger partial charge is 0.345 e. The zero-order valence-electron chi connectivity index (χ0n) is 14.1. The molecule has 0 fully saturated rings. The summed E-state index contributed by atoms with van der Waals surface area (Å²) in [4.78, 5) is 12.6. The maximum atomic E-state index is 12.6. The first-order valence-corrected chi connectivity index (χ1v) is 8.65. The molecule has 0 aromatic heterocycles. The Bertz CT molecular complexity index is 861. The number of hydrogen-bond donors (Lipinski definition) is 1. The summed E-state index contributed by atoms with van der Waals surface area (Å²) in [6, 6.07) is 25.4. The molecule has 0 aliphatic carbocycles. The Morgan fingerprint density at radius 2 is 1.68 bits per heavy atom. The first-order valence-electron chi connectivity index (χ1n) is 8.28. The molecular formula is C22H20ClNO. The molecule has 1 N–H and O–H groups in total. The zero-order chi connectivity index (χ0) is 17.6. The van der Waals surface area contributed by atoms with Gasteiger partial charge >= 0.3 is 0 Å². The number of rotatable bonds is 5. The van der Waals surface area contributed by atoms with Gasteiger partial charge in [0.1, 0.15) is 0 Å². The molecule has 0 aliphatic heterocycles. The summed E-state index contributed by atoms with van der Waals surface area (Å²) < 4.78 is 0. The van der Waals surface area contributed by atoms with E-state index in [4.69, 9.17) is 11.6 Å². The van der Waals surface area contributed by atoms with Gasteiger partial charge in [0.05, 0.1) is 12.5 Å². The van der Waals surface area contributed by atoms with Gasteiger partial charge in [-0.3, -0.25) is 4.79 Å². The second-order valence-electron chi connectivity index (χ2n) is 6.07. The van der Waals surface area contributed by atoms with Crippen molar-refractivity contribution in [1.29, 1.82) is 0 Å². The Kier molecular flexibility index (Phi) is 5.52. The maximum absolute atomic E-state index is 12.6. The topological polar surface area (TPSA) is 29.1 Å². The molecule has 3 heteroatoms. The molecule has 3 rings (SSSR count). The van der Waals surface area contributed by atoms with Crippen molar-refractivity contribution in [2.24, 2.45) is 0 Å². The molecule has 0 saturated carbocycles. The van der Waals surface area contributed by atoms with Gasteiger partial charge < -0.3 is 5.32 Å². The van der Waals surface area contributed by atoms with Crippen LogP contribution in [-0.2, 0) is 11.2 Å². The van der Waals surface area contributed by atoms with Crippen molar-refractivity contribution >= 4 is 17.5 Å². The normalized spacial score (nSPS) is 11.8. The molecule has 2 nitrogen and oxygen atoms in total. The highest BCUT2D eigenvalue weighted by Crippen LogP contribution is 2.25. The molecule has 0 saturated heterocycles. The molecule has 0 bridgehead atoms. The molecule has 1 amide bonds. The SMILES string of the molecule is Cc1ccccc1C(NC(=O)Cc1cccc(Cl)c1)c1ccccc1. The Hall–Kier alpha value is -2.58. The standard InChI is InChI=1S/C22H20ClNO/c1-16-8-5-6-13-20(16)22(18-10-3-2-4-11-18)24-21(25)15-17-9-7-12-19(23)14-17/h2-14,22H,15H2,1H3,(H,24,25). The lowest BCUT2D eigenvalue weighted by molar-refractivity contribution is -0.120. The highest BCUT2D eigenvalue weighted by atomic mass is 35.5. The highest BCUT2D eigenvalue weighted by Gasteiger charge is 2.18. The van der Waals surface area contributed by atoms with Crippen molar-refractivity contribution in [1.82, 2.24) is 5.32 Å². The minimum atomic E-state index is -0.172. The third kappa shape index (κ3) is 4.49. The summed E-state index contributed by atoms with van der Waals surface area (Å²) in [6.45, 7) is 2.06. The quantitative estimate of drug-likeness (QED) is 0.682. The number of halogens is 1. The minimum Gasteiger partial charge on any atom is -0.345 e. The van der Waals surface area contributed by atoms with E-state index < -0.39 is 0 Å². The molecule has 126 valence electrons. The molecule has 3 aromatic carbocycles. The Labute approximate surface area is 153 Å². The van der Waals surface area contributed by atoms with Gasteiger partial charge in [0.2, 0.25) is 5.91 Å². The van der Waals surface area contributed by atoms with Gasteiger partial charge in [0.15, 0.2) is 0 Å². The van der Waals surface area contributed by atoms with Crippen LogP contribution in [0.15, 0.2) is 78.9 Å². The van der Waals surface area contributed by atoms with E-state index in [0.29, 0.717) is 11.4 Å². The van der Waals surface area contributed by atoms with Crippen LogP contribution in [0.4, 0.5) is 0 Å². The van der Waals surface area contributed by atoms with Gasteiger partial charge in [-0.15, -0.1) is 0 Å². The van der Waals surface area contributed by atoms with Crippen molar-refractivity contribution in [3.8, 4) is 0 Å². The Morgan fingerprint density at radius 3 is 2.40 bits per heavy atom. The summed E-state index contributed by atoms with van der Waals surface area (Å²) in [7, 11) is 0. The van der Waals surface area contributed by atoms with Crippen LogP contribution in [0.2, 0.25) is 5.02 Å². The van der Waals surface area contributed by atoms with Gasteiger partial charge in [-0.2, -0.15) is 0 Å². The summed E-state index contributed by atoms with van der Waals surface area (Å²) in [5.74, 6) is -0.0284. The first kappa shape index (κ1) is 17.2. The molecule has 3 aromatic rings. The van der Waals surface area contributed by atoms with Crippen molar-refractivity contribution in [2.45, 2.75) is 19.4 Å². The fraction of sp³-hybridized carbons (Fsp3) is 0.136. The average molecular weight is 350 g/mol. The van der Waals surface area contributed by atoms with E-state index in [1.54, 1.807) is 0 Å². The zero-order valence-corrected chi connectivity index (χ0v) is 14.8. The Balaban J connectivity index is 1.85. The van der Waals surface area contributed by atoms with E-state index in [-0.39, 0.29) is 11.9 Å². The number of nitrogens with one attached hydrogen (secondary N) is 1. The minimum absolute atomic E-state index is 0.0284. The lowest BCUT2D eigenvalue weighted by atomic mass is 9.94. The predicted octanol–water partition coefficient (Wildman–Crippen LogP) is 5.10. The number of amides is 1. The second kappa shape index (κ2) is 8.00. The fourth-order valence-electron chi connectivity index (χ4n) is 2.94. The third-order valence-corrected chi connectivity index (χ3v) is 4.43. The van der Waals surface area contributed by atoms with Crippen LogP contribution < -0.4 is 5.32 Å². The van der Waals surface area contributed by atoms with Gasteiger partial charge in [0.25, 0.3) is 0 Å². The van der Waals surface area contributed by atoms with Crippen LogP contribution in [0, 0.1) is 6.92 Å². The molecule has 1 unspecified atom stereocenters. The van der Waals surface area contributed by atoms with E-state index in [1.165, 1.54) is 0 Å². The maximum Gasteiger partial charge on any atom is 0.225 e. The van der Waals surface area contributed by atoms with Gasteiger partial charge in [-0.1, -0.05) is 78.3 Å². The van der Waals surface area contributed by atoms with Crippen molar-refractivity contribution < 1.29 is 4.79 Å². The third-order valence-electron chi connectivity index (χ3n) is 4.19. The predicted molar refractivity (Wildman–Crippen MR) is 103 cm³/mol. The van der Waals surface area contributed by atoms with E-state index in [2.05, 4.69) is 24.4 Å². The van der Waals surface area contributed by atoms with E-state index in [0.717, 1.165) is 22.3 Å². The summed E-state index contributed by atoms with van der Waals surface area (Å²) in [6.07, 6.45) is 0.301. The lowest BCUT2D eigenvalue weighted by Crippen LogP contribution is -2.31. The fourth-order valence-corrected chi connectivity index (χ4v) is 3.15. The number of carbonyl (C=O) groups excluding carboxylic acids is 1. The van der Waals surface area contributed by atoms with E-state index in [9.17, 15) is 4.79 Å². The van der Waals surface area contributed by atoms with Crippen LogP contribution >= 0.6 is 11.6 Å². The molecule has 0 spiro atoms. The van der Waals surface area contributed by atoms with Gasteiger partial charge in [-0.25, -0.2) is 0 Å². The second-order valence-corrected chi connectivity index (χ2v) is 6.51. The average Bonchev–Trinajstić information content (AvgIpc) is 2.61.